The number of nitrogens with zero attached hydrogens (tertiary/aromatic N) is 2. The molecule has 0 saturated heterocycles. The highest BCUT2D eigenvalue weighted by atomic mass is 35.5. The van der Waals surface area contributed by atoms with E-state index in [-0.39, 0.29) is 17.2 Å². The molecule has 2 rings (SSSR count). The van der Waals surface area contributed by atoms with Crippen LogP contribution >= 0.6 is 11.6 Å². The Morgan fingerprint density at radius 2 is 2.18 bits per heavy atom. The minimum absolute atomic E-state index is 0.155. The van der Waals surface area contributed by atoms with Gasteiger partial charge in [-0.05, 0) is 19.1 Å². The molecule has 88 valence electrons. The largest absolute Gasteiger partial charge is 0.476 e. The number of aromatic nitrogens is 2. The van der Waals surface area contributed by atoms with Gasteiger partial charge in [-0.15, -0.1) is 0 Å². The molecule has 0 amide bonds. The number of carboxylic acids is 1. The van der Waals surface area contributed by atoms with E-state index >= 15 is 0 Å². The molecule has 6 heteroatoms. The van der Waals surface area contributed by atoms with Crippen LogP contribution in [0.3, 0.4) is 0 Å². The molecule has 0 spiro atoms. The fourth-order valence-electron chi connectivity index (χ4n) is 1.58. The van der Waals surface area contributed by atoms with Crippen LogP contribution in [0.5, 0.6) is 0 Å². The lowest BCUT2D eigenvalue weighted by atomic mass is 10.2. The molecule has 1 aromatic heterocycles. The molecule has 2 N–H and O–H groups in total. The van der Waals surface area contributed by atoms with Crippen molar-refractivity contribution in [3.63, 3.8) is 0 Å². The van der Waals surface area contributed by atoms with E-state index in [0.29, 0.717) is 15.3 Å². The average Bonchev–Trinajstić information content (AvgIpc) is 2.54. The quantitative estimate of drug-likeness (QED) is 0.805. The Labute approximate surface area is 102 Å². The number of rotatable bonds is 2. The molecule has 0 saturated carbocycles. The topological polar surface area (TPSA) is 75.3 Å². The molecule has 0 aliphatic rings. The third kappa shape index (κ3) is 1.97. The van der Waals surface area contributed by atoms with Crippen LogP contribution in [0.1, 0.15) is 16.2 Å². The Morgan fingerprint density at radius 3 is 2.71 bits per heavy atom. The number of carboxylic acid groups (broad SMARTS) is 1. The Hall–Kier alpha value is -2.01. The van der Waals surface area contributed by atoms with Crippen LogP contribution in [0.25, 0.3) is 11.4 Å². The van der Waals surface area contributed by atoms with E-state index in [9.17, 15) is 10.0 Å². The van der Waals surface area contributed by atoms with Gasteiger partial charge in [0, 0.05) is 10.6 Å². The van der Waals surface area contributed by atoms with Crippen LogP contribution in [0.15, 0.2) is 24.3 Å². The minimum atomic E-state index is -1.23. The standard InChI is InChI=1S/C11H9ClN2O3/c1-6-9(11(15)16)14(17)10(13-6)7-3-2-4-8(12)5-7/h2-5,17H,1H3,(H,15,16). The van der Waals surface area contributed by atoms with E-state index in [4.69, 9.17) is 16.7 Å². The van der Waals surface area contributed by atoms with Crippen molar-refractivity contribution in [1.82, 2.24) is 9.71 Å². The molecule has 0 unspecified atom stereocenters. The summed E-state index contributed by atoms with van der Waals surface area (Å²) in [6.07, 6.45) is 0. The van der Waals surface area contributed by atoms with Crippen molar-refractivity contribution >= 4 is 17.6 Å². The summed E-state index contributed by atoms with van der Waals surface area (Å²) in [4.78, 5) is 14.9. The Kier molecular flexibility index (Phi) is 2.77. The fraction of sp³-hybridized carbons (Fsp3) is 0.0909. The maximum absolute atomic E-state index is 10.9. The molecule has 1 heterocycles. The number of hydrogen-bond acceptors (Lipinski definition) is 3. The summed E-state index contributed by atoms with van der Waals surface area (Å²) in [5.74, 6) is -1.08. The maximum Gasteiger partial charge on any atom is 0.357 e. The molecule has 0 bridgehead atoms. The second kappa shape index (κ2) is 4.10. The van der Waals surface area contributed by atoms with Gasteiger partial charge in [-0.1, -0.05) is 23.7 Å². The van der Waals surface area contributed by atoms with Gasteiger partial charge in [-0.3, -0.25) is 0 Å². The van der Waals surface area contributed by atoms with Crippen molar-refractivity contribution in [2.45, 2.75) is 6.92 Å². The van der Waals surface area contributed by atoms with E-state index in [1.807, 2.05) is 0 Å². The first-order chi connectivity index (χ1) is 8.00. The molecule has 0 atom stereocenters. The number of aryl methyl sites for hydroxylation is 1. The molecule has 0 fully saturated rings. The summed E-state index contributed by atoms with van der Waals surface area (Å²) < 4.78 is 0.559. The van der Waals surface area contributed by atoms with Gasteiger partial charge in [0.2, 0.25) is 0 Å². The lowest BCUT2D eigenvalue weighted by Crippen LogP contribution is -2.07. The van der Waals surface area contributed by atoms with Crippen LogP contribution in [0, 0.1) is 6.92 Å². The second-order valence-electron chi connectivity index (χ2n) is 3.50. The number of imidazole rings is 1. The molecular formula is C11H9ClN2O3. The normalized spacial score (nSPS) is 10.5. The molecule has 0 aliphatic heterocycles. The predicted molar refractivity (Wildman–Crippen MR) is 61.6 cm³/mol. The molecule has 1 aromatic carbocycles. The van der Waals surface area contributed by atoms with Crippen LogP contribution in [-0.4, -0.2) is 26.0 Å². The Balaban J connectivity index is 2.62. The van der Waals surface area contributed by atoms with Gasteiger partial charge in [-0.2, -0.15) is 4.73 Å². The molecule has 2 aromatic rings. The summed E-state index contributed by atoms with van der Waals surface area (Å²) in [5, 5.41) is 19.2. The van der Waals surface area contributed by atoms with Crippen LogP contribution in [-0.2, 0) is 0 Å². The Morgan fingerprint density at radius 1 is 1.47 bits per heavy atom. The average molecular weight is 253 g/mol. The third-order valence-electron chi connectivity index (χ3n) is 2.31. The molecule has 0 aliphatic carbocycles. The van der Waals surface area contributed by atoms with Gasteiger partial charge in [0.25, 0.3) is 0 Å². The van der Waals surface area contributed by atoms with Crippen LogP contribution < -0.4 is 0 Å². The summed E-state index contributed by atoms with van der Waals surface area (Å²) in [6.45, 7) is 1.52. The number of hydrogen-bond donors (Lipinski definition) is 2. The van der Waals surface area contributed by atoms with E-state index in [0.717, 1.165) is 0 Å². The summed E-state index contributed by atoms with van der Waals surface area (Å²) in [5.41, 5.74) is 0.547. The van der Waals surface area contributed by atoms with Crippen molar-refractivity contribution in [1.29, 1.82) is 0 Å². The van der Waals surface area contributed by atoms with E-state index in [1.165, 1.54) is 6.92 Å². The van der Waals surface area contributed by atoms with Crippen molar-refractivity contribution in [3.05, 3.63) is 40.7 Å². The lowest BCUT2D eigenvalue weighted by molar-refractivity contribution is 0.0645. The van der Waals surface area contributed by atoms with Crippen molar-refractivity contribution < 1.29 is 15.1 Å². The second-order valence-corrected chi connectivity index (χ2v) is 3.93. The highest BCUT2D eigenvalue weighted by molar-refractivity contribution is 6.30. The van der Waals surface area contributed by atoms with Gasteiger partial charge < -0.3 is 10.3 Å². The Bertz CT molecular complexity index is 592. The number of carbonyl (C=O) groups is 1. The van der Waals surface area contributed by atoms with Crippen molar-refractivity contribution in [2.75, 3.05) is 0 Å². The first-order valence-corrected chi connectivity index (χ1v) is 5.16. The zero-order chi connectivity index (χ0) is 12.6. The maximum atomic E-state index is 10.9. The summed E-state index contributed by atoms with van der Waals surface area (Å²) >= 11 is 5.82. The van der Waals surface area contributed by atoms with Gasteiger partial charge in [0.05, 0.1) is 5.69 Å². The van der Waals surface area contributed by atoms with E-state index in [2.05, 4.69) is 4.98 Å². The molecule has 17 heavy (non-hydrogen) atoms. The number of benzene rings is 1. The van der Waals surface area contributed by atoms with Gasteiger partial charge >= 0.3 is 5.97 Å². The third-order valence-corrected chi connectivity index (χ3v) is 2.55. The smallest absolute Gasteiger partial charge is 0.357 e. The summed E-state index contributed by atoms with van der Waals surface area (Å²) in [6, 6.07) is 6.66. The molecule has 5 nitrogen and oxygen atoms in total. The number of aromatic carboxylic acids is 1. The van der Waals surface area contributed by atoms with Crippen molar-refractivity contribution in [2.24, 2.45) is 0 Å². The van der Waals surface area contributed by atoms with Gasteiger partial charge in [0.1, 0.15) is 0 Å². The molecule has 0 radical (unpaired) electrons. The predicted octanol–water partition coefficient (Wildman–Crippen LogP) is 2.45. The van der Waals surface area contributed by atoms with E-state index in [1.54, 1.807) is 24.3 Å². The minimum Gasteiger partial charge on any atom is -0.476 e. The van der Waals surface area contributed by atoms with Crippen LogP contribution in [0.4, 0.5) is 0 Å². The highest BCUT2D eigenvalue weighted by Gasteiger charge is 2.20. The zero-order valence-corrected chi connectivity index (χ0v) is 9.64. The first kappa shape index (κ1) is 11.5. The van der Waals surface area contributed by atoms with Crippen molar-refractivity contribution in [3.8, 4) is 11.4 Å². The fourth-order valence-corrected chi connectivity index (χ4v) is 1.77. The first-order valence-electron chi connectivity index (χ1n) is 4.78. The summed E-state index contributed by atoms with van der Waals surface area (Å²) in [7, 11) is 0. The van der Waals surface area contributed by atoms with E-state index < -0.39 is 5.97 Å². The van der Waals surface area contributed by atoms with Crippen LogP contribution in [0.2, 0.25) is 5.02 Å². The van der Waals surface area contributed by atoms with Gasteiger partial charge in [0.15, 0.2) is 11.5 Å². The highest BCUT2D eigenvalue weighted by Crippen LogP contribution is 2.23. The SMILES string of the molecule is Cc1nc(-c2cccc(Cl)c2)n(O)c1C(=O)O. The number of halogens is 1. The van der Waals surface area contributed by atoms with Gasteiger partial charge in [-0.25, -0.2) is 9.78 Å². The zero-order valence-electron chi connectivity index (χ0n) is 8.88. The monoisotopic (exact) mass is 252 g/mol. The lowest BCUT2D eigenvalue weighted by Gasteiger charge is -2.02. The molecular weight excluding hydrogens is 244 g/mol.